The molecule has 0 heterocycles. The molecule has 3 heteroatoms. The number of rotatable bonds is 4. The van der Waals surface area contributed by atoms with Crippen molar-refractivity contribution in [3.8, 4) is 0 Å². The maximum Gasteiger partial charge on any atom is 0.0624 e. The Hall–Kier alpha value is -1.02. The number of hydrogen-bond acceptors (Lipinski definition) is 1. The first-order valence-corrected chi connectivity index (χ1v) is 7.04. The van der Waals surface area contributed by atoms with Crippen LogP contribution in [0.1, 0.15) is 22.7 Å². The number of aryl methyl sites for hydroxylation is 1. The SMILES string of the molecule is CNC(Cc1cccc(Cl)c1Cl)c1ccccc1C. The van der Waals surface area contributed by atoms with E-state index in [0.29, 0.717) is 10.0 Å². The standard InChI is InChI=1S/C16H17Cl2N/c1-11-6-3-4-8-13(11)15(19-2)10-12-7-5-9-14(17)16(12)18/h3-9,15,19H,10H2,1-2H3. The minimum Gasteiger partial charge on any atom is -0.313 e. The van der Waals surface area contributed by atoms with Gasteiger partial charge in [-0.25, -0.2) is 0 Å². The quantitative estimate of drug-likeness (QED) is 0.853. The zero-order chi connectivity index (χ0) is 13.8. The molecule has 2 aromatic rings. The second-order valence-corrected chi connectivity index (χ2v) is 5.40. The van der Waals surface area contributed by atoms with E-state index in [4.69, 9.17) is 23.2 Å². The van der Waals surface area contributed by atoms with E-state index < -0.39 is 0 Å². The average Bonchev–Trinajstić information content (AvgIpc) is 2.41. The topological polar surface area (TPSA) is 12.0 Å². The Kier molecular flexibility index (Phi) is 4.87. The molecule has 1 unspecified atom stereocenters. The third kappa shape index (κ3) is 3.30. The van der Waals surface area contributed by atoms with Crippen LogP contribution in [0.3, 0.4) is 0 Å². The first-order chi connectivity index (χ1) is 9.13. The van der Waals surface area contributed by atoms with Gasteiger partial charge < -0.3 is 5.32 Å². The lowest BCUT2D eigenvalue weighted by Gasteiger charge is -2.19. The number of likely N-dealkylation sites (N-methyl/N-ethyl adjacent to an activating group) is 1. The van der Waals surface area contributed by atoms with Gasteiger partial charge in [0.2, 0.25) is 0 Å². The molecular formula is C16H17Cl2N. The summed E-state index contributed by atoms with van der Waals surface area (Å²) in [5.74, 6) is 0. The molecule has 0 radical (unpaired) electrons. The summed E-state index contributed by atoms with van der Waals surface area (Å²) in [6.45, 7) is 2.12. The van der Waals surface area contributed by atoms with Crippen LogP contribution < -0.4 is 5.32 Å². The van der Waals surface area contributed by atoms with Gasteiger partial charge in [0.05, 0.1) is 10.0 Å². The van der Waals surface area contributed by atoms with Gasteiger partial charge in [-0.1, -0.05) is 59.6 Å². The van der Waals surface area contributed by atoms with Gasteiger partial charge in [0, 0.05) is 6.04 Å². The van der Waals surface area contributed by atoms with Crippen LogP contribution in [0.4, 0.5) is 0 Å². The van der Waals surface area contributed by atoms with Crippen LogP contribution in [0.5, 0.6) is 0 Å². The molecule has 0 aliphatic rings. The summed E-state index contributed by atoms with van der Waals surface area (Å²) in [5, 5.41) is 4.61. The van der Waals surface area contributed by atoms with Crippen molar-refractivity contribution in [2.45, 2.75) is 19.4 Å². The highest BCUT2D eigenvalue weighted by Gasteiger charge is 2.14. The van der Waals surface area contributed by atoms with Crippen molar-refractivity contribution < 1.29 is 0 Å². The second-order valence-electron chi connectivity index (χ2n) is 4.61. The minimum atomic E-state index is 0.233. The zero-order valence-electron chi connectivity index (χ0n) is 11.1. The van der Waals surface area contributed by atoms with Crippen LogP contribution in [0.2, 0.25) is 10.0 Å². The Morgan fingerprint density at radius 2 is 1.79 bits per heavy atom. The fraction of sp³-hybridized carbons (Fsp3) is 0.250. The van der Waals surface area contributed by atoms with Gasteiger partial charge >= 0.3 is 0 Å². The third-order valence-corrected chi connectivity index (χ3v) is 4.23. The molecule has 1 nitrogen and oxygen atoms in total. The van der Waals surface area contributed by atoms with Crippen molar-refractivity contribution in [3.63, 3.8) is 0 Å². The Morgan fingerprint density at radius 3 is 2.47 bits per heavy atom. The number of benzene rings is 2. The van der Waals surface area contributed by atoms with Crippen LogP contribution >= 0.6 is 23.2 Å². The van der Waals surface area contributed by atoms with E-state index in [9.17, 15) is 0 Å². The number of nitrogens with one attached hydrogen (secondary N) is 1. The minimum absolute atomic E-state index is 0.233. The first kappa shape index (κ1) is 14.4. The molecule has 0 amide bonds. The lowest BCUT2D eigenvalue weighted by Crippen LogP contribution is -2.20. The molecule has 100 valence electrons. The molecular weight excluding hydrogens is 277 g/mol. The van der Waals surface area contributed by atoms with Crippen molar-refractivity contribution in [3.05, 3.63) is 69.2 Å². The molecule has 0 saturated carbocycles. The molecule has 0 saturated heterocycles. The molecule has 1 N–H and O–H groups in total. The summed E-state index contributed by atoms with van der Waals surface area (Å²) in [4.78, 5) is 0. The van der Waals surface area contributed by atoms with Crippen molar-refractivity contribution in [2.75, 3.05) is 7.05 Å². The second kappa shape index (κ2) is 6.42. The average molecular weight is 294 g/mol. The van der Waals surface area contributed by atoms with Crippen molar-refractivity contribution in [1.82, 2.24) is 5.32 Å². The van der Waals surface area contributed by atoms with Crippen LogP contribution in [0.25, 0.3) is 0 Å². The molecule has 0 fully saturated rings. The van der Waals surface area contributed by atoms with Gasteiger partial charge in [0.15, 0.2) is 0 Å². The Morgan fingerprint density at radius 1 is 1.05 bits per heavy atom. The molecule has 0 aliphatic carbocycles. The Labute approximate surface area is 124 Å². The normalized spacial score (nSPS) is 12.4. The fourth-order valence-electron chi connectivity index (χ4n) is 2.27. The van der Waals surface area contributed by atoms with Crippen molar-refractivity contribution >= 4 is 23.2 Å². The van der Waals surface area contributed by atoms with Crippen LogP contribution in [-0.2, 0) is 6.42 Å². The van der Waals surface area contributed by atoms with E-state index in [1.807, 2.05) is 25.2 Å². The van der Waals surface area contributed by atoms with Gasteiger partial charge in [0.25, 0.3) is 0 Å². The maximum atomic E-state index is 6.26. The molecule has 0 aromatic heterocycles. The summed E-state index contributed by atoms with van der Waals surface area (Å²) in [7, 11) is 1.97. The van der Waals surface area contributed by atoms with Gasteiger partial charge in [-0.2, -0.15) is 0 Å². The lowest BCUT2D eigenvalue weighted by molar-refractivity contribution is 0.589. The maximum absolute atomic E-state index is 6.26. The van der Waals surface area contributed by atoms with Gasteiger partial charge in [-0.15, -0.1) is 0 Å². The zero-order valence-corrected chi connectivity index (χ0v) is 12.6. The first-order valence-electron chi connectivity index (χ1n) is 6.29. The molecule has 2 aromatic carbocycles. The van der Waals surface area contributed by atoms with Crippen molar-refractivity contribution in [2.24, 2.45) is 0 Å². The summed E-state index contributed by atoms with van der Waals surface area (Å²) >= 11 is 12.3. The van der Waals surface area contributed by atoms with Crippen LogP contribution in [0.15, 0.2) is 42.5 Å². The van der Waals surface area contributed by atoms with E-state index in [2.05, 4.69) is 36.5 Å². The summed E-state index contributed by atoms with van der Waals surface area (Å²) in [6.07, 6.45) is 0.820. The lowest BCUT2D eigenvalue weighted by atomic mass is 9.95. The highest BCUT2D eigenvalue weighted by atomic mass is 35.5. The number of hydrogen-bond donors (Lipinski definition) is 1. The van der Waals surface area contributed by atoms with Gasteiger partial charge in [-0.3, -0.25) is 0 Å². The molecule has 19 heavy (non-hydrogen) atoms. The Balaban J connectivity index is 2.30. The summed E-state index contributed by atoms with van der Waals surface area (Å²) < 4.78 is 0. The summed E-state index contributed by atoms with van der Waals surface area (Å²) in [6, 6.07) is 14.4. The highest BCUT2D eigenvalue weighted by Crippen LogP contribution is 2.29. The molecule has 0 bridgehead atoms. The van der Waals surface area contributed by atoms with E-state index in [0.717, 1.165) is 12.0 Å². The van der Waals surface area contributed by atoms with E-state index in [-0.39, 0.29) is 6.04 Å². The van der Waals surface area contributed by atoms with E-state index in [1.165, 1.54) is 11.1 Å². The predicted octanol–water partition coefficient (Wildman–Crippen LogP) is 4.81. The molecule has 0 aliphatic heterocycles. The Bertz CT molecular complexity index is 566. The van der Waals surface area contributed by atoms with Crippen LogP contribution in [0, 0.1) is 6.92 Å². The smallest absolute Gasteiger partial charge is 0.0624 e. The molecule has 2 rings (SSSR count). The van der Waals surface area contributed by atoms with E-state index in [1.54, 1.807) is 0 Å². The third-order valence-electron chi connectivity index (χ3n) is 3.37. The number of halogens is 2. The van der Waals surface area contributed by atoms with E-state index >= 15 is 0 Å². The fourth-order valence-corrected chi connectivity index (χ4v) is 2.67. The van der Waals surface area contributed by atoms with Crippen LogP contribution in [-0.4, -0.2) is 7.05 Å². The monoisotopic (exact) mass is 293 g/mol. The largest absolute Gasteiger partial charge is 0.313 e. The highest BCUT2D eigenvalue weighted by molar-refractivity contribution is 6.42. The van der Waals surface area contributed by atoms with Gasteiger partial charge in [0.1, 0.15) is 0 Å². The van der Waals surface area contributed by atoms with Gasteiger partial charge in [-0.05, 0) is 43.1 Å². The molecule has 1 atom stereocenters. The molecule has 0 spiro atoms. The van der Waals surface area contributed by atoms with Crippen molar-refractivity contribution in [1.29, 1.82) is 0 Å². The summed E-state index contributed by atoms with van der Waals surface area (Å²) in [5.41, 5.74) is 3.64. The predicted molar refractivity (Wildman–Crippen MR) is 83.1 cm³/mol.